The monoisotopic (exact) mass is 329 g/mol. The molecular formula is C19H23NO4. The number of carbonyl (C=O) groups excluding carboxylic acids is 2. The SMILES string of the molecule is CCOC(=O)c1oc2ccccc2c1NC(=O)CC1CCCCC1. The number of hydrogen-bond donors (Lipinski definition) is 1. The van der Waals surface area contributed by atoms with Crippen LogP contribution in [0.5, 0.6) is 0 Å². The molecule has 2 aromatic rings. The van der Waals surface area contributed by atoms with E-state index in [9.17, 15) is 9.59 Å². The lowest BCUT2D eigenvalue weighted by Crippen LogP contribution is -2.19. The fourth-order valence-corrected chi connectivity index (χ4v) is 3.35. The number of para-hydroxylation sites is 1. The zero-order chi connectivity index (χ0) is 16.9. The van der Waals surface area contributed by atoms with Crippen LogP contribution in [0.3, 0.4) is 0 Å². The van der Waals surface area contributed by atoms with E-state index in [1.807, 2.05) is 18.2 Å². The molecule has 24 heavy (non-hydrogen) atoms. The summed E-state index contributed by atoms with van der Waals surface area (Å²) in [5.74, 6) is -0.126. The lowest BCUT2D eigenvalue weighted by molar-refractivity contribution is -0.117. The number of fused-ring (bicyclic) bond motifs is 1. The average Bonchev–Trinajstić information content (AvgIpc) is 2.95. The van der Waals surface area contributed by atoms with Gasteiger partial charge in [0.1, 0.15) is 11.3 Å². The Kier molecular flexibility index (Phi) is 5.18. The number of carbonyl (C=O) groups is 2. The van der Waals surface area contributed by atoms with Crippen LogP contribution in [0, 0.1) is 5.92 Å². The predicted octanol–water partition coefficient (Wildman–Crippen LogP) is 4.52. The van der Waals surface area contributed by atoms with E-state index in [1.54, 1.807) is 13.0 Å². The van der Waals surface area contributed by atoms with Gasteiger partial charge in [-0.2, -0.15) is 0 Å². The van der Waals surface area contributed by atoms with Crippen molar-refractivity contribution >= 4 is 28.5 Å². The van der Waals surface area contributed by atoms with Crippen molar-refractivity contribution < 1.29 is 18.7 Å². The molecule has 1 fully saturated rings. The van der Waals surface area contributed by atoms with Gasteiger partial charge in [-0.05, 0) is 37.8 Å². The molecule has 1 heterocycles. The Hall–Kier alpha value is -2.30. The summed E-state index contributed by atoms with van der Waals surface area (Å²) in [6.07, 6.45) is 6.34. The highest BCUT2D eigenvalue weighted by molar-refractivity contribution is 6.09. The molecule has 0 spiro atoms. The number of esters is 1. The van der Waals surface area contributed by atoms with Gasteiger partial charge in [0.25, 0.3) is 0 Å². The molecule has 1 aliphatic rings. The number of anilines is 1. The molecule has 0 saturated heterocycles. The molecule has 1 aromatic carbocycles. The maximum absolute atomic E-state index is 12.5. The van der Waals surface area contributed by atoms with Crippen LogP contribution in [0.1, 0.15) is 56.0 Å². The molecule has 0 unspecified atom stereocenters. The van der Waals surface area contributed by atoms with Crippen LogP contribution in [-0.2, 0) is 9.53 Å². The summed E-state index contributed by atoms with van der Waals surface area (Å²) in [5, 5.41) is 3.61. The van der Waals surface area contributed by atoms with E-state index < -0.39 is 5.97 Å². The number of hydrogen-bond acceptors (Lipinski definition) is 4. The second kappa shape index (κ2) is 7.51. The highest BCUT2D eigenvalue weighted by atomic mass is 16.5. The Bertz CT molecular complexity index is 728. The van der Waals surface area contributed by atoms with Crippen LogP contribution in [0.15, 0.2) is 28.7 Å². The Balaban J connectivity index is 1.82. The smallest absolute Gasteiger partial charge is 0.376 e. The third-order valence-electron chi connectivity index (χ3n) is 4.52. The Labute approximate surface area is 141 Å². The van der Waals surface area contributed by atoms with Crippen molar-refractivity contribution in [1.29, 1.82) is 0 Å². The summed E-state index contributed by atoms with van der Waals surface area (Å²) < 4.78 is 10.7. The fourth-order valence-electron chi connectivity index (χ4n) is 3.35. The van der Waals surface area contributed by atoms with Crippen LogP contribution >= 0.6 is 0 Å². The van der Waals surface area contributed by atoms with Gasteiger partial charge >= 0.3 is 5.97 Å². The molecule has 0 bridgehead atoms. The quantitative estimate of drug-likeness (QED) is 0.819. The second-order valence-corrected chi connectivity index (χ2v) is 6.28. The first-order valence-electron chi connectivity index (χ1n) is 8.67. The van der Waals surface area contributed by atoms with E-state index in [1.165, 1.54) is 19.3 Å². The molecule has 1 saturated carbocycles. The molecule has 5 nitrogen and oxygen atoms in total. The van der Waals surface area contributed by atoms with E-state index in [2.05, 4.69) is 5.32 Å². The van der Waals surface area contributed by atoms with Crippen molar-refractivity contribution in [1.82, 2.24) is 0 Å². The number of nitrogens with one attached hydrogen (secondary N) is 1. The topological polar surface area (TPSA) is 68.5 Å². The summed E-state index contributed by atoms with van der Waals surface area (Å²) in [5.41, 5.74) is 0.985. The molecule has 1 aromatic heterocycles. The molecule has 1 N–H and O–H groups in total. The maximum Gasteiger partial charge on any atom is 0.376 e. The van der Waals surface area contributed by atoms with Gasteiger partial charge in [0, 0.05) is 11.8 Å². The second-order valence-electron chi connectivity index (χ2n) is 6.28. The highest BCUT2D eigenvalue weighted by Crippen LogP contribution is 2.32. The molecular weight excluding hydrogens is 306 g/mol. The van der Waals surface area contributed by atoms with Gasteiger partial charge in [-0.1, -0.05) is 31.4 Å². The van der Waals surface area contributed by atoms with E-state index in [0.717, 1.165) is 18.2 Å². The van der Waals surface area contributed by atoms with Crippen molar-refractivity contribution in [2.45, 2.75) is 45.4 Å². The van der Waals surface area contributed by atoms with Crippen LogP contribution in [-0.4, -0.2) is 18.5 Å². The summed E-state index contributed by atoms with van der Waals surface area (Å²) in [6, 6.07) is 7.28. The first-order chi connectivity index (χ1) is 11.7. The van der Waals surface area contributed by atoms with Crippen LogP contribution < -0.4 is 5.32 Å². The lowest BCUT2D eigenvalue weighted by Gasteiger charge is -2.20. The zero-order valence-corrected chi connectivity index (χ0v) is 14.0. The minimum absolute atomic E-state index is 0.0649. The Morgan fingerprint density at radius 2 is 1.96 bits per heavy atom. The first kappa shape index (κ1) is 16.6. The van der Waals surface area contributed by atoms with Gasteiger partial charge in [0.05, 0.1) is 6.61 Å². The Morgan fingerprint density at radius 3 is 2.71 bits per heavy atom. The largest absolute Gasteiger partial charge is 0.460 e. The van der Waals surface area contributed by atoms with Crippen molar-refractivity contribution in [2.24, 2.45) is 5.92 Å². The van der Waals surface area contributed by atoms with Crippen molar-refractivity contribution in [3.63, 3.8) is 0 Å². The Morgan fingerprint density at radius 1 is 1.21 bits per heavy atom. The van der Waals surface area contributed by atoms with Crippen molar-refractivity contribution in [3.05, 3.63) is 30.0 Å². The van der Waals surface area contributed by atoms with Gasteiger partial charge in [0.15, 0.2) is 0 Å². The molecule has 1 aliphatic carbocycles. The van der Waals surface area contributed by atoms with E-state index in [-0.39, 0.29) is 18.3 Å². The zero-order valence-electron chi connectivity index (χ0n) is 14.0. The van der Waals surface area contributed by atoms with Gasteiger partial charge in [-0.15, -0.1) is 0 Å². The standard InChI is InChI=1S/C19H23NO4/c1-2-23-19(22)18-17(14-10-6-7-11-15(14)24-18)20-16(21)12-13-8-4-3-5-9-13/h6-7,10-11,13H,2-5,8-9,12H2,1H3,(H,20,21). The van der Waals surface area contributed by atoms with Crippen molar-refractivity contribution in [3.8, 4) is 0 Å². The van der Waals surface area contributed by atoms with Crippen LogP contribution in [0.2, 0.25) is 0 Å². The number of amides is 1. The number of furan rings is 1. The third kappa shape index (κ3) is 3.61. The third-order valence-corrected chi connectivity index (χ3v) is 4.52. The minimum Gasteiger partial charge on any atom is -0.460 e. The average molecular weight is 329 g/mol. The predicted molar refractivity (Wildman–Crippen MR) is 92.0 cm³/mol. The van der Waals surface area contributed by atoms with E-state index in [4.69, 9.17) is 9.15 Å². The highest BCUT2D eigenvalue weighted by Gasteiger charge is 2.24. The van der Waals surface area contributed by atoms with Crippen LogP contribution in [0.4, 0.5) is 5.69 Å². The molecule has 1 amide bonds. The number of ether oxygens (including phenoxy) is 1. The van der Waals surface area contributed by atoms with Gasteiger partial charge in [0.2, 0.25) is 11.7 Å². The molecule has 0 aliphatic heterocycles. The summed E-state index contributed by atoms with van der Waals surface area (Å²) in [4.78, 5) is 24.6. The molecule has 5 heteroatoms. The number of rotatable bonds is 5. The maximum atomic E-state index is 12.5. The summed E-state index contributed by atoms with van der Waals surface area (Å²) >= 11 is 0. The van der Waals surface area contributed by atoms with E-state index >= 15 is 0 Å². The van der Waals surface area contributed by atoms with Gasteiger partial charge < -0.3 is 14.5 Å². The molecule has 0 radical (unpaired) electrons. The van der Waals surface area contributed by atoms with Crippen molar-refractivity contribution in [2.75, 3.05) is 11.9 Å². The number of benzene rings is 1. The molecule has 3 rings (SSSR count). The normalized spacial score (nSPS) is 15.4. The summed E-state index contributed by atoms with van der Waals surface area (Å²) in [7, 11) is 0. The van der Waals surface area contributed by atoms with Gasteiger partial charge in [-0.25, -0.2) is 4.79 Å². The van der Waals surface area contributed by atoms with Gasteiger partial charge in [-0.3, -0.25) is 4.79 Å². The lowest BCUT2D eigenvalue weighted by atomic mass is 9.87. The summed E-state index contributed by atoms with van der Waals surface area (Å²) in [6.45, 7) is 1.99. The molecule has 128 valence electrons. The minimum atomic E-state index is -0.554. The molecule has 0 atom stereocenters. The van der Waals surface area contributed by atoms with E-state index in [0.29, 0.717) is 23.6 Å². The first-order valence-corrected chi connectivity index (χ1v) is 8.67. The van der Waals surface area contributed by atoms with Crippen LogP contribution in [0.25, 0.3) is 11.0 Å². The fraction of sp³-hybridized carbons (Fsp3) is 0.474.